The van der Waals surface area contributed by atoms with Gasteiger partial charge in [0.25, 0.3) is 5.91 Å². The van der Waals surface area contributed by atoms with Gasteiger partial charge in [0.15, 0.2) is 0 Å². The zero-order valence-corrected chi connectivity index (χ0v) is 11.7. The van der Waals surface area contributed by atoms with Crippen LogP contribution in [-0.4, -0.2) is 42.6 Å². The minimum absolute atomic E-state index is 0.244. The molecule has 2 N–H and O–H groups in total. The van der Waals surface area contributed by atoms with Crippen LogP contribution >= 0.6 is 0 Å². The number of carbonyl (C=O) groups excluding carboxylic acids is 2. The summed E-state index contributed by atoms with van der Waals surface area (Å²) in [6.45, 7) is 5.11. The normalized spacial score (nSPS) is 15.7. The molecule has 0 unspecified atom stereocenters. The van der Waals surface area contributed by atoms with E-state index < -0.39 is 6.04 Å². The second-order valence-electron chi connectivity index (χ2n) is 4.52. The highest BCUT2D eigenvalue weighted by atomic mass is 16.5. The van der Waals surface area contributed by atoms with Crippen LogP contribution in [0.15, 0.2) is 24.3 Å². The minimum Gasteiger partial charge on any atom is -0.492 e. The lowest BCUT2D eigenvalue weighted by molar-refractivity contribution is -0.128. The Hall–Kier alpha value is -2.24. The van der Waals surface area contributed by atoms with E-state index in [9.17, 15) is 9.59 Å². The van der Waals surface area contributed by atoms with Crippen molar-refractivity contribution in [3.05, 3.63) is 24.3 Å². The first kappa shape index (κ1) is 14.2. The Morgan fingerprint density at radius 1 is 1.50 bits per heavy atom. The van der Waals surface area contributed by atoms with Crippen molar-refractivity contribution in [2.75, 3.05) is 25.0 Å². The van der Waals surface area contributed by atoms with Gasteiger partial charge in [-0.1, -0.05) is 12.1 Å². The average molecular weight is 277 g/mol. The Morgan fingerprint density at radius 2 is 2.25 bits per heavy atom. The quantitative estimate of drug-likeness (QED) is 0.854. The molecule has 1 heterocycles. The second-order valence-corrected chi connectivity index (χ2v) is 4.52. The molecule has 1 saturated heterocycles. The van der Waals surface area contributed by atoms with Crippen LogP contribution in [0.3, 0.4) is 0 Å². The molecule has 0 aromatic heterocycles. The smallest absolute Gasteiger partial charge is 0.324 e. The molecule has 0 radical (unpaired) electrons. The molecule has 0 spiro atoms. The van der Waals surface area contributed by atoms with Crippen molar-refractivity contribution in [1.82, 2.24) is 10.2 Å². The number of benzene rings is 1. The summed E-state index contributed by atoms with van der Waals surface area (Å²) in [7, 11) is 0. The molecule has 3 amide bonds. The Kier molecular flexibility index (Phi) is 4.45. The van der Waals surface area contributed by atoms with Crippen molar-refractivity contribution in [2.24, 2.45) is 0 Å². The van der Waals surface area contributed by atoms with Crippen LogP contribution < -0.4 is 15.4 Å². The van der Waals surface area contributed by atoms with Crippen molar-refractivity contribution in [3.8, 4) is 5.75 Å². The van der Waals surface area contributed by atoms with Crippen molar-refractivity contribution in [3.63, 3.8) is 0 Å². The number of rotatable bonds is 5. The summed E-state index contributed by atoms with van der Waals surface area (Å²) >= 11 is 0. The van der Waals surface area contributed by atoms with Gasteiger partial charge in [-0.15, -0.1) is 0 Å². The van der Waals surface area contributed by atoms with Gasteiger partial charge in [-0.2, -0.15) is 0 Å². The minimum atomic E-state index is -0.500. The summed E-state index contributed by atoms with van der Waals surface area (Å²) in [5.41, 5.74) is 0.745. The van der Waals surface area contributed by atoms with Gasteiger partial charge in [0.1, 0.15) is 11.8 Å². The standard InChI is InChI=1S/C14H19N3O3/c1-3-20-12-7-5-4-6-11(12)16-10(2)13(18)17-9-8-15-14(17)19/h4-7,10,16H,3,8-9H2,1-2H3,(H,15,19)/t10-/m1/s1. The molecule has 1 aliphatic rings. The van der Waals surface area contributed by atoms with Gasteiger partial charge < -0.3 is 15.4 Å². The van der Waals surface area contributed by atoms with Crippen molar-refractivity contribution >= 4 is 17.6 Å². The third-order valence-corrected chi connectivity index (χ3v) is 3.05. The molecule has 0 bridgehead atoms. The van der Waals surface area contributed by atoms with Crippen LogP contribution in [0.4, 0.5) is 10.5 Å². The van der Waals surface area contributed by atoms with Crippen LogP contribution in [0.25, 0.3) is 0 Å². The summed E-state index contributed by atoms with van der Waals surface area (Å²) in [5.74, 6) is 0.451. The Labute approximate surface area is 118 Å². The van der Waals surface area contributed by atoms with Gasteiger partial charge >= 0.3 is 6.03 Å². The number of hydrogen-bond acceptors (Lipinski definition) is 4. The van der Waals surface area contributed by atoms with Crippen LogP contribution in [0.1, 0.15) is 13.8 Å². The Bertz CT molecular complexity index is 504. The molecule has 0 aliphatic carbocycles. The van der Waals surface area contributed by atoms with Crippen molar-refractivity contribution in [2.45, 2.75) is 19.9 Å². The summed E-state index contributed by atoms with van der Waals surface area (Å²) < 4.78 is 5.50. The predicted molar refractivity (Wildman–Crippen MR) is 75.8 cm³/mol. The zero-order valence-electron chi connectivity index (χ0n) is 11.7. The van der Waals surface area contributed by atoms with Crippen molar-refractivity contribution < 1.29 is 14.3 Å². The predicted octanol–water partition coefficient (Wildman–Crippen LogP) is 1.44. The fourth-order valence-electron chi connectivity index (χ4n) is 2.08. The number of para-hydroxylation sites is 2. The fraction of sp³-hybridized carbons (Fsp3) is 0.429. The number of imide groups is 1. The van der Waals surface area contributed by atoms with E-state index in [1.54, 1.807) is 6.92 Å². The van der Waals surface area contributed by atoms with E-state index in [1.807, 2.05) is 31.2 Å². The number of anilines is 1. The van der Waals surface area contributed by atoms with Crippen molar-refractivity contribution in [1.29, 1.82) is 0 Å². The summed E-state index contributed by atoms with van der Waals surface area (Å²) in [4.78, 5) is 24.9. The topological polar surface area (TPSA) is 70.7 Å². The number of carbonyl (C=O) groups is 2. The van der Waals surface area contributed by atoms with Gasteiger partial charge in [-0.05, 0) is 26.0 Å². The molecule has 1 aromatic carbocycles. The van der Waals surface area contributed by atoms with Gasteiger partial charge in [0.05, 0.1) is 12.3 Å². The number of urea groups is 1. The first-order valence-corrected chi connectivity index (χ1v) is 6.71. The molecule has 1 aliphatic heterocycles. The van der Waals surface area contributed by atoms with Gasteiger partial charge in [-0.25, -0.2) is 4.79 Å². The molecular weight excluding hydrogens is 258 g/mol. The Balaban J connectivity index is 2.05. The number of nitrogens with one attached hydrogen (secondary N) is 2. The SMILES string of the molecule is CCOc1ccccc1N[C@H](C)C(=O)N1CCNC1=O. The molecule has 1 aromatic rings. The molecule has 108 valence electrons. The summed E-state index contributed by atoms with van der Waals surface area (Å²) in [6, 6.07) is 6.59. The Morgan fingerprint density at radius 3 is 2.90 bits per heavy atom. The molecule has 6 nitrogen and oxygen atoms in total. The molecule has 0 saturated carbocycles. The maximum Gasteiger partial charge on any atom is 0.324 e. The van der Waals surface area contributed by atoms with Gasteiger partial charge in [0.2, 0.25) is 0 Å². The average Bonchev–Trinajstić information content (AvgIpc) is 2.86. The van der Waals surface area contributed by atoms with E-state index in [0.29, 0.717) is 25.4 Å². The molecule has 1 fully saturated rings. The largest absolute Gasteiger partial charge is 0.492 e. The summed E-state index contributed by atoms with van der Waals surface area (Å²) in [6.07, 6.45) is 0. The van der Waals surface area contributed by atoms with E-state index in [4.69, 9.17) is 4.74 Å². The lowest BCUT2D eigenvalue weighted by Crippen LogP contribution is -2.43. The van der Waals surface area contributed by atoms with Gasteiger partial charge in [0, 0.05) is 13.1 Å². The van der Waals surface area contributed by atoms with Crippen LogP contribution in [0, 0.1) is 0 Å². The fourth-order valence-corrected chi connectivity index (χ4v) is 2.08. The van der Waals surface area contributed by atoms with Crippen LogP contribution in [0.5, 0.6) is 5.75 Å². The van der Waals surface area contributed by atoms with E-state index >= 15 is 0 Å². The molecular formula is C14H19N3O3. The molecule has 20 heavy (non-hydrogen) atoms. The highest BCUT2D eigenvalue weighted by Crippen LogP contribution is 2.24. The zero-order chi connectivity index (χ0) is 14.5. The van der Waals surface area contributed by atoms with Crippen LogP contribution in [0.2, 0.25) is 0 Å². The van der Waals surface area contributed by atoms with E-state index in [1.165, 1.54) is 4.90 Å². The number of ether oxygens (including phenoxy) is 1. The summed E-state index contributed by atoms with van der Waals surface area (Å²) in [5, 5.41) is 5.71. The van der Waals surface area contributed by atoms with E-state index in [-0.39, 0.29) is 11.9 Å². The third-order valence-electron chi connectivity index (χ3n) is 3.05. The number of nitrogens with zero attached hydrogens (tertiary/aromatic N) is 1. The van der Waals surface area contributed by atoms with E-state index in [0.717, 1.165) is 5.69 Å². The lowest BCUT2D eigenvalue weighted by Gasteiger charge is -2.21. The van der Waals surface area contributed by atoms with Gasteiger partial charge in [-0.3, -0.25) is 9.69 Å². The molecule has 1 atom stereocenters. The monoisotopic (exact) mass is 277 g/mol. The maximum absolute atomic E-state index is 12.2. The highest BCUT2D eigenvalue weighted by molar-refractivity contribution is 5.99. The van der Waals surface area contributed by atoms with E-state index in [2.05, 4.69) is 10.6 Å². The number of amides is 3. The van der Waals surface area contributed by atoms with Crippen LogP contribution in [-0.2, 0) is 4.79 Å². The third kappa shape index (κ3) is 3.01. The maximum atomic E-state index is 12.2. The lowest BCUT2D eigenvalue weighted by atomic mass is 10.2. The number of hydrogen-bond donors (Lipinski definition) is 2. The second kappa shape index (κ2) is 6.27. The molecule has 6 heteroatoms. The highest BCUT2D eigenvalue weighted by Gasteiger charge is 2.29. The first-order chi connectivity index (χ1) is 9.63. The molecule has 2 rings (SSSR count). The first-order valence-electron chi connectivity index (χ1n) is 6.71.